The van der Waals surface area contributed by atoms with Crippen LogP contribution >= 0.6 is 11.3 Å². The average molecular weight is 473 g/mol. The van der Waals surface area contributed by atoms with Gasteiger partial charge in [0.25, 0.3) is 5.91 Å². The third kappa shape index (κ3) is 3.75. The highest BCUT2D eigenvalue weighted by atomic mass is 32.1. The molecular weight excluding hydrogens is 440 g/mol. The lowest BCUT2D eigenvalue weighted by atomic mass is 9.98. The van der Waals surface area contributed by atoms with Crippen molar-refractivity contribution in [3.05, 3.63) is 59.2 Å². The molecule has 1 aliphatic heterocycles. The van der Waals surface area contributed by atoms with Crippen LogP contribution in [0.3, 0.4) is 0 Å². The number of benzene rings is 2. The fraction of sp³-hybridized carbons (Fsp3) is 0.414. The molecular formula is C29H32N2O2S. The van der Waals surface area contributed by atoms with E-state index in [1.165, 1.54) is 46.3 Å². The van der Waals surface area contributed by atoms with Crippen LogP contribution < -0.4 is 0 Å². The standard InChI is InChI=1S/C29H32N2O2S/c1-18-6-5-11-30(15-18)29(33)22-12-23(17-32)27-19(2)28(34-26(27)14-22)25-13-21-7-3-4-8-24(21)31(25)16-20-9-10-20/h3-4,7-8,12-14,18,20,32H,5-6,9-11,15-17H2,1-2H3/t18-/m1/s1. The number of thiophene rings is 1. The molecule has 2 aromatic carbocycles. The Bertz CT molecular complexity index is 1390. The highest BCUT2D eigenvalue weighted by Crippen LogP contribution is 2.43. The molecule has 2 aromatic heterocycles. The van der Waals surface area contributed by atoms with Gasteiger partial charge >= 0.3 is 0 Å². The quantitative estimate of drug-likeness (QED) is 0.355. The lowest BCUT2D eigenvalue weighted by Crippen LogP contribution is -2.39. The summed E-state index contributed by atoms with van der Waals surface area (Å²) in [4.78, 5) is 16.6. The molecule has 176 valence electrons. The highest BCUT2D eigenvalue weighted by molar-refractivity contribution is 7.22. The Hall–Kier alpha value is -2.63. The van der Waals surface area contributed by atoms with Crippen LogP contribution in [0.5, 0.6) is 0 Å². The van der Waals surface area contributed by atoms with Gasteiger partial charge in [0.2, 0.25) is 0 Å². The van der Waals surface area contributed by atoms with E-state index < -0.39 is 0 Å². The van der Waals surface area contributed by atoms with Gasteiger partial charge in [-0.25, -0.2) is 0 Å². The maximum absolute atomic E-state index is 13.4. The van der Waals surface area contributed by atoms with Gasteiger partial charge in [-0.15, -0.1) is 11.3 Å². The Morgan fingerprint density at radius 2 is 1.97 bits per heavy atom. The molecule has 3 heterocycles. The van der Waals surface area contributed by atoms with E-state index >= 15 is 0 Å². The number of aliphatic hydroxyl groups is 1. The second-order valence-electron chi connectivity index (χ2n) is 10.4. The maximum atomic E-state index is 13.4. The zero-order chi connectivity index (χ0) is 23.4. The van der Waals surface area contributed by atoms with Gasteiger partial charge in [-0.2, -0.15) is 0 Å². The Kier molecular flexibility index (Phi) is 5.50. The Balaban J connectivity index is 1.47. The number of likely N-dealkylation sites (tertiary alicyclic amines) is 1. The van der Waals surface area contributed by atoms with Crippen molar-refractivity contribution >= 4 is 38.2 Å². The van der Waals surface area contributed by atoms with Crippen LogP contribution in [0.1, 0.15) is 54.1 Å². The fourth-order valence-corrected chi connectivity index (χ4v) is 7.00. The molecule has 4 nitrogen and oxygen atoms in total. The molecule has 1 N–H and O–H groups in total. The van der Waals surface area contributed by atoms with E-state index in [0.717, 1.165) is 47.6 Å². The van der Waals surface area contributed by atoms with Crippen molar-refractivity contribution in [2.45, 2.75) is 52.7 Å². The Labute approximate surface area is 204 Å². The molecule has 2 fully saturated rings. The summed E-state index contributed by atoms with van der Waals surface area (Å²) < 4.78 is 3.58. The van der Waals surface area contributed by atoms with Crippen LogP contribution in [0.25, 0.3) is 31.6 Å². The third-order valence-electron chi connectivity index (χ3n) is 7.65. The van der Waals surface area contributed by atoms with Gasteiger partial charge < -0.3 is 14.6 Å². The second kappa shape index (κ2) is 8.54. The number of carbonyl (C=O) groups excluding carboxylic acids is 1. The Morgan fingerprint density at radius 3 is 2.74 bits per heavy atom. The van der Waals surface area contributed by atoms with Gasteiger partial charge in [-0.3, -0.25) is 4.79 Å². The van der Waals surface area contributed by atoms with Crippen LogP contribution in [-0.2, 0) is 13.2 Å². The van der Waals surface area contributed by atoms with Crippen molar-refractivity contribution < 1.29 is 9.90 Å². The first-order chi connectivity index (χ1) is 16.5. The van der Waals surface area contributed by atoms with E-state index in [2.05, 4.69) is 54.8 Å². The molecule has 1 saturated heterocycles. The molecule has 0 radical (unpaired) electrons. The van der Waals surface area contributed by atoms with Crippen molar-refractivity contribution in [2.75, 3.05) is 13.1 Å². The van der Waals surface area contributed by atoms with Gasteiger partial charge in [0, 0.05) is 46.2 Å². The molecule has 0 spiro atoms. The molecule has 0 bridgehead atoms. The van der Waals surface area contributed by atoms with Gasteiger partial charge in [0.15, 0.2) is 0 Å². The number of rotatable bonds is 5. The normalized spacial score (nSPS) is 18.8. The first-order valence-corrected chi connectivity index (χ1v) is 13.4. The molecule has 6 rings (SSSR count). The smallest absolute Gasteiger partial charge is 0.253 e. The number of fused-ring (bicyclic) bond motifs is 2. The molecule has 1 amide bonds. The second-order valence-corrected chi connectivity index (χ2v) is 11.4. The number of carbonyl (C=O) groups is 1. The number of hydrogen-bond donors (Lipinski definition) is 1. The number of aromatic nitrogens is 1. The van der Waals surface area contributed by atoms with Crippen LogP contribution in [0, 0.1) is 18.8 Å². The van der Waals surface area contributed by atoms with Crippen molar-refractivity contribution in [2.24, 2.45) is 11.8 Å². The number of piperidine rings is 1. The molecule has 1 aliphatic carbocycles. The van der Waals surface area contributed by atoms with Gasteiger partial charge in [0.05, 0.1) is 17.2 Å². The monoisotopic (exact) mass is 472 g/mol. The van der Waals surface area contributed by atoms with Crippen molar-refractivity contribution in [1.82, 2.24) is 9.47 Å². The van der Waals surface area contributed by atoms with E-state index in [9.17, 15) is 9.90 Å². The Morgan fingerprint density at radius 1 is 1.15 bits per heavy atom. The van der Waals surface area contributed by atoms with Gasteiger partial charge in [0.1, 0.15) is 0 Å². The molecule has 5 heteroatoms. The number of hydrogen-bond acceptors (Lipinski definition) is 3. The summed E-state index contributed by atoms with van der Waals surface area (Å²) >= 11 is 1.76. The van der Waals surface area contributed by atoms with Crippen LogP contribution in [0.15, 0.2) is 42.5 Å². The van der Waals surface area contributed by atoms with Crippen LogP contribution in [0.2, 0.25) is 0 Å². The molecule has 1 atom stereocenters. The lowest BCUT2D eigenvalue weighted by Gasteiger charge is -2.31. The van der Waals surface area contributed by atoms with E-state index in [-0.39, 0.29) is 12.5 Å². The van der Waals surface area contributed by atoms with E-state index in [1.807, 2.05) is 11.0 Å². The number of nitrogens with zero attached hydrogens (tertiary/aromatic N) is 2. The predicted molar refractivity (Wildman–Crippen MR) is 140 cm³/mol. The molecule has 34 heavy (non-hydrogen) atoms. The maximum Gasteiger partial charge on any atom is 0.253 e. The highest BCUT2D eigenvalue weighted by Gasteiger charge is 2.27. The van der Waals surface area contributed by atoms with E-state index in [0.29, 0.717) is 11.5 Å². The predicted octanol–water partition coefficient (Wildman–Crippen LogP) is 6.61. The van der Waals surface area contributed by atoms with Crippen molar-refractivity contribution in [3.63, 3.8) is 0 Å². The fourth-order valence-electron chi connectivity index (χ4n) is 5.68. The van der Waals surface area contributed by atoms with Gasteiger partial charge in [-0.05, 0) is 79.8 Å². The van der Waals surface area contributed by atoms with Gasteiger partial charge in [-0.1, -0.05) is 25.1 Å². The minimum atomic E-state index is -0.0594. The van der Waals surface area contributed by atoms with Crippen LogP contribution in [-0.4, -0.2) is 33.6 Å². The average Bonchev–Trinajstić information content (AvgIpc) is 3.52. The summed E-state index contributed by atoms with van der Waals surface area (Å²) in [6.07, 6.45) is 4.88. The number of amides is 1. The van der Waals surface area contributed by atoms with Crippen molar-refractivity contribution in [3.8, 4) is 10.6 Å². The summed E-state index contributed by atoms with van der Waals surface area (Å²) in [5.41, 5.74) is 5.31. The number of aryl methyl sites for hydroxylation is 1. The van der Waals surface area contributed by atoms with E-state index in [4.69, 9.17) is 0 Å². The lowest BCUT2D eigenvalue weighted by molar-refractivity contribution is 0.0683. The summed E-state index contributed by atoms with van der Waals surface area (Å²) in [5, 5.41) is 12.6. The largest absolute Gasteiger partial charge is 0.392 e. The number of aliphatic hydroxyl groups excluding tert-OH is 1. The van der Waals surface area contributed by atoms with Crippen molar-refractivity contribution in [1.29, 1.82) is 0 Å². The summed E-state index contributed by atoms with van der Waals surface area (Å²) in [7, 11) is 0. The molecule has 4 aromatic rings. The third-order valence-corrected chi connectivity index (χ3v) is 8.92. The minimum Gasteiger partial charge on any atom is -0.392 e. The summed E-state index contributed by atoms with van der Waals surface area (Å²) in [6.45, 7) is 7.03. The summed E-state index contributed by atoms with van der Waals surface area (Å²) in [6, 6.07) is 14.9. The first-order valence-electron chi connectivity index (χ1n) is 12.6. The summed E-state index contributed by atoms with van der Waals surface area (Å²) in [5.74, 6) is 1.41. The van der Waals surface area contributed by atoms with E-state index in [1.54, 1.807) is 11.3 Å². The minimum absolute atomic E-state index is 0.0594. The van der Waals surface area contributed by atoms with Crippen LogP contribution in [0.4, 0.5) is 0 Å². The zero-order valence-corrected chi connectivity index (χ0v) is 20.8. The SMILES string of the molecule is Cc1c(-c2cc3ccccc3n2CC2CC2)sc2cc(C(=O)N3CCC[C@@H](C)C3)cc(CO)c12. The first kappa shape index (κ1) is 21.9. The topological polar surface area (TPSA) is 45.5 Å². The zero-order valence-electron chi connectivity index (χ0n) is 20.0. The number of para-hydroxylation sites is 1. The molecule has 0 unspecified atom stereocenters. The molecule has 1 saturated carbocycles. The molecule has 2 aliphatic rings.